The molecule has 0 aliphatic carbocycles. The van der Waals surface area contributed by atoms with E-state index in [2.05, 4.69) is 0 Å². The lowest BCUT2D eigenvalue weighted by atomic mass is 10.2. The van der Waals surface area contributed by atoms with Crippen LogP contribution >= 0.6 is 11.8 Å². The Bertz CT molecular complexity index is 116. The van der Waals surface area contributed by atoms with E-state index in [0.717, 1.165) is 0 Å². The molecule has 12 heavy (non-hydrogen) atoms. The number of hydrogen-bond donors (Lipinski definition) is 1. The fraction of sp³-hybridized carbons (Fsp3) is 1.00. The van der Waals surface area contributed by atoms with Crippen molar-refractivity contribution in [3.8, 4) is 0 Å². The van der Waals surface area contributed by atoms with Gasteiger partial charge in [0.1, 0.15) is 0 Å². The fourth-order valence-electron chi connectivity index (χ4n) is 0.540. The summed E-state index contributed by atoms with van der Waals surface area (Å²) in [5.74, 6) is 1.17. The van der Waals surface area contributed by atoms with E-state index in [0.29, 0.717) is 18.2 Å². The molecule has 1 nitrogen and oxygen atoms in total. The molecule has 0 aromatic heterocycles. The van der Waals surface area contributed by atoms with Gasteiger partial charge in [-0.05, 0) is 18.2 Å². The molecule has 2 N–H and O–H groups in total. The molecule has 0 bridgehead atoms. The van der Waals surface area contributed by atoms with E-state index in [1.807, 2.05) is 6.92 Å². The summed E-state index contributed by atoms with van der Waals surface area (Å²) >= 11 is 1.31. The molecule has 0 aliphatic heterocycles. The molecule has 5 heteroatoms. The van der Waals surface area contributed by atoms with Crippen LogP contribution in [0.5, 0.6) is 0 Å². The van der Waals surface area contributed by atoms with E-state index in [9.17, 15) is 13.2 Å². The Kier molecular flexibility index (Phi) is 5.74. The number of alkyl halides is 3. The Labute approximate surface area is 74.9 Å². The summed E-state index contributed by atoms with van der Waals surface area (Å²) in [5.41, 5.74) is 5.30. The van der Waals surface area contributed by atoms with Gasteiger partial charge in [-0.1, -0.05) is 6.92 Å². The predicted molar refractivity (Wildman–Crippen MR) is 46.2 cm³/mol. The van der Waals surface area contributed by atoms with Gasteiger partial charge in [0, 0.05) is 5.75 Å². The summed E-state index contributed by atoms with van der Waals surface area (Å²) in [6.45, 7) is 2.47. The van der Waals surface area contributed by atoms with Gasteiger partial charge >= 0.3 is 6.18 Å². The lowest BCUT2D eigenvalue weighted by Crippen LogP contribution is -2.14. The molecule has 74 valence electrons. The first kappa shape index (κ1) is 12.1. The standard InChI is InChI=1S/C7H14F3NS/c1-6(4-11)5-12-3-2-7(8,9)10/h6H,2-5,11H2,1H3. The van der Waals surface area contributed by atoms with Crippen molar-refractivity contribution in [1.29, 1.82) is 0 Å². The molecule has 0 saturated carbocycles. The first-order valence-electron chi connectivity index (χ1n) is 3.80. The van der Waals surface area contributed by atoms with Crippen molar-refractivity contribution in [2.75, 3.05) is 18.1 Å². The maximum atomic E-state index is 11.6. The zero-order chi connectivity index (χ0) is 9.61. The van der Waals surface area contributed by atoms with Crippen molar-refractivity contribution < 1.29 is 13.2 Å². The average molecular weight is 201 g/mol. The Morgan fingerprint density at radius 1 is 1.42 bits per heavy atom. The summed E-state index contributed by atoms with van der Waals surface area (Å²) in [6, 6.07) is 0. The third-order valence-electron chi connectivity index (χ3n) is 1.33. The van der Waals surface area contributed by atoms with Crippen molar-refractivity contribution in [3.05, 3.63) is 0 Å². The SMILES string of the molecule is CC(CN)CSCCC(F)(F)F. The quantitative estimate of drug-likeness (QED) is 0.690. The van der Waals surface area contributed by atoms with Gasteiger partial charge in [0.05, 0.1) is 6.42 Å². The van der Waals surface area contributed by atoms with Crippen LogP contribution < -0.4 is 5.73 Å². The molecular weight excluding hydrogens is 187 g/mol. The number of hydrogen-bond acceptors (Lipinski definition) is 2. The summed E-state index contributed by atoms with van der Waals surface area (Å²) in [4.78, 5) is 0. The molecule has 0 spiro atoms. The van der Waals surface area contributed by atoms with Gasteiger partial charge in [-0.3, -0.25) is 0 Å². The zero-order valence-corrected chi connectivity index (χ0v) is 7.84. The van der Waals surface area contributed by atoms with Gasteiger partial charge in [0.2, 0.25) is 0 Å². The zero-order valence-electron chi connectivity index (χ0n) is 7.03. The van der Waals surface area contributed by atoms with Crippen LogP contribution in [0.15, 0.2) is 0 Å². The van der Waals surface area contributed by atoms with E-state index in [1.54, 1.807) is 0 Å². The van der Waals surface area contributed by atoms with E-state index >= 15 is 0 Å². The molecule has 0 rings (SSSR count). The molecule has 0 radical (unpaired) electrons. The highest BCUT2D eigenvalue weighted by atomic mass is 32.2. The summed E-state index contributed by atoms with van der Waals surface area (Å²) in [7, 11) is 0. The molecule has 0 aromatic carbocycles. The smallest absolute Gasteiger partial charge is 0.330 e. The largest absolute Gasteiger partial charge is 0.389 e. The Hall–Kier alpha value is 0.100. The normalized spacial score (nSPS) is 14.8. The van der Waals surface area contributed by atoms with Crippen LogP contribution in [0.2, 0.25) is 0 Å². The molecule has 0 fully saturated rings. The predicted octanol–water partition coefficient (Wildman–Crippen LogP) is 2.27. The molecule has 0 amide bonds. The van der Waals surface area contributed by atoms with E-state index in [4.69, 9.17) is 5.73 Å². The Morgan fingerprint density at radius 2 is 2.00 bits per heavy atom. The first-order valence-corrected chi connectivity index (χ1v) is 4.95. The highest BCUT2D eigenvalue weighted by Crippen LogP contribution is 2.22. The van der Waals surface area contributed by atoms with Crippen LogP contribution in [0, 0.1) is 5.92 Å². The maximum Gasteiger partial charge on any atom is 0.389 e. The van der Waals surface area contributed by atoms with Gasteiger partial charge in [-0.15, -0.1) is 0 Å². The van der Waals surface area contributed by atoms with Crippen molar-refractivity contribution in [2.45, 2.75) is 19.5 Å². The van der Waals surface area contributed by atoms with Crippen LogP contribution in [0.25, 0.3) is 0 Å². The van der Waals surface area contributed by atoms with Gasteiger partial charge in [-0.25, -0.2) is 0 Å². The minimum absolute atomic E-state index is 0.147. The van der Waals surface area contributed by atoms with Crippen molar-refractivity contribution in [3.63, 3.8) is 0 Å². The third kappa shape index (κ3) is 8.20. The number of thioether (sulfide) groups is 1. The minimum atomic E-state index is -4.01. The average Bonchev–Trinajstić information content (AvgIpc) is 1.96. The number of halogens is 3. The van der Waals surface area contributed by atoms with Gasteiger partial charge < -0.3 is 5.73 Å². The molecular formula is C7H14F3NS. The second kappa shape index (κ2) is 5.70. The monoisotopic (exact) mass is 201 g/mol. The van der Waals surface area contributed by atoms with Crippen LogP contribution in [-0.4, -0.2) is 24.2 Å². The first-order chi connectivity index (χ1) is 5.45. The number of rotatable bonds is 5. The molecule has 0 aliphatic rings. The topological polar surface area (TPSA) is 26.0 Å². The van der Waals surface area contributed by atoms with Crippen molar-refractivity contribution >= 4 is 11.8 Å². The molecule has 0 heterocycles. The molecule has 1 atom stereocenters. The lowest BCUT2D eigenvalue weighted by Gasteiger charge is -2.08. The maximum absolute atomic E-state index is 11.6. The van der Waals surface area contributed by atoms with Crippen molar-refractivity contribution in [1.82, 2.24) is 0 Å². The van der Waals surface area contributed by atoms with Gasteiger partial charge in [0.25, 0.3) is 0 Å². The summed E-state index contributed by atoms with van der Waals surface area (Å²) in [5, 5.41) is 0. The van der Waals surface area contributed by atoms with Crippen LogP contribution in [0.3, 0.4) is 0 Å². The molecule has 1 unspecified atom stereocenters. The van der Waals surface area contributed by atoms with Crippen LogP contribution in [0.4, 0.5) is 13.2 Å². The Balaban J connectivity index is 3.22. The second-order valence-corrected chi connectivity index (χ2v) is 3.93. The van der Waals surface area contributed by atoms with Crippen LogP contribution in [0.1, 0.15) is 13.3 Å². The van der Waals surface area contributed by atoms with Crippen LogP contribution in [-0.2, 0) is 0 Å². The van der Waals surface area contributed by atoms with E-state index < -0.39 is 12.6 Å². The second-order valence-electron chi connectivity index (χ2n) is 2.78. The number of nitrogens with two attached hydrogens (primary N) is 1. The van der Waals surface area contributed by atoms with Gasteiger partial charge in [-0.2, -0.15) is 24.9 Å². The highest BCUT2D eigenvalue weighted by molar-refractivity contribution is 7.99. The lowest BCUT2D eigenvalue weighted by molar-refractivity contribution is -0.129. The summed E-state index contributed by atoms with van der Waals surface area (Å²) < 4.78 is 34.9. The minimum Gasteiger partial charge on any atom is -0.330 e. The molecule has 0 saturated heterocycles. The van der Waals surface area contributed by atoms with Gasteiger partial charge in [0.15, 0.2) is 0 Å². The van der Waals surface area contributed by atoms with E-state index in [-0.39, 0.29) is 5.75 Å². The fourth-order valence-corrected chi connectivity index (χ4v) is 1.62. The highest BCUT2D eigenvalue weighted by Gasteiger charge is 2.26. The van der Waals surface area contributed by atoms with Crippen molar-refractivity contribution in [2.24, 2.45) is 11.7 Å². The summed E-state index contributed by atoms with van der Waals surface area (Å²) in [6.07, 6.45) is -4.71. The third-order valence-corrected chi connectivity index (χ3v) is 2.63. The molecule has 0 aromatic rings. The van der Waals surface area contributed by atoms with E-state index in [1.165, 1.54) is 11.8 Å². The Morgan fingerprint density at radius 3 is 2.42 bits per heavy atom.